The summed E-state index contributed by atoms with van der Waals surface area (Å²) >= 11 is 0. The summed E-state index contributed by atoms with van der Waals surface area (Å²) in [5.74, 6) is -1.29. The number of hydrogen-bond acceptors (Lipinski definition) is 4. The highest BCUT2D eigenvalue weighted by Gasteiger charge is 2.10. The van der Waals surface area contributed by atoms with Crippen molar-refractivity contribution in [3.8, 4) is 11.5 Å². The topological polar surface area (TPSA) is 95.9 Å². The molecule has 2 rings (SSSR count). The number of carboxylic acid groups (broad SMARTS) is 1. The van der Waals surface area contributed by atoms with E-state index < -0.39 is 11.9 Å². The van der Waals surface area contributed by atoms with Crippen LogP contribution in [0.1, 0.15) is 15.9 Å². The summed E-state index contributed by atoms with van der Waals surface area (Å²) in [5.41, 5.74) is 0.889. The molecule has 0 saturated heterocycles. The quantitative estimate of drug-likeness (QED) is 0.738. The Morgan fingerprint density at radius 2 is 1.91 bits per heavy atom. The normalized spacial score (nSPS) is 10.5. The third-order valence-corrected chi connectivity index (χ3v) is 3.05. The molecule has 0 atom stereocenters. The highest BCUT2D eigenvalue weighted by molar-refractivity contribution is 6.06. The Kier molecular flexibility index (Phi) is 4.99. The second kappa shape index (κ2) is 7.13. The third-order valence-electron chi connectivity index (χ3n) is 3.05. The number of methoxy groups -OCH3 is 1. The Balaban J connectivity index is 2.12. The van der Waals surface area contributed by atoms with E-state index in [-0.39, 0.29) is 17.0 Å². The number of hydrogen-bond donors (Lipinski definition) is 3. The fourth-order valence-electron chi connectivity index (χ4n) is 1.92. The van der Waals surface area contributed by atoms with Gasteiger partial charge in [-0.1, -0.05) is 18.2 Å². The van der Waals surface area contributed by atoms with E-state index in [2.05, 4.69) is 5.32 Å². The van der Waals surface area contributed by atoms with Crippen molar-refractivity contribution in [2.24, 2.45) is 0 Å². The van der Waals surface area contributed by atoms with Crippen LogP contribution in [-0.2, 0) is 4.79 Å². The molecule has 0 unspecified atom stereocenters. The SMILES string of the molecule is COc1cc(/C=C\C(=O)Nc2ccccc2C(=O)O)ccc1O. The summed E-state index contributed by atoms with van der Waals surface area (Å²) in [4.78, 5) is 23.0. The van der Waals surface area contributed by atoms with Crippen LogP contribution in [-0.4, -0.2) is 29.2 Å². The fraction of sp³-hybridized carbons (Fsp3) is 0.0588. The van der Waals surface area contributed by atoms with Crippen LogP contribution >= 0.6 is 0 Å². The number of benzene rings is 2. The van der Waals surface area contributed by atoms with Crippen LogP contribution in [0.5, 0.6) is 11.5 Å². The molecule has 0 saturated carbocycles. The molecule has 0 spiro atoms. The van der Waals surface area contributed by atoms with Gasteiger partial charge < -0.3 is 20.3 Å². The van der Waals surface area contributed by atoms with Crippen LogP contribution in [0.4, 0.5) is 5.69 Å². The number of phenols is 1. The van der Waals surface area contributed by atoms with Gasteiger partial charge in [0.25, 0.3) is 0 Å². The van der Waals surface area contributed by atoms with Crippen molar-refractivity contribution in [1.82, 2.24) is 0 Å². The average Bonchev–Trinajstić information content (AvgIpc) is 2.54. The number of amides is 1. The molecule has 118 valence electrons. The van der Waals surface area contributed by atoms with Crippen molar-refractivity contribution < 1.29 is 24.5 Å². The maximum absolute atomic E-state index is 11.9. The molecule has 2 aromatic carbocycles. The van der Waals surface area contributed by atoms with Crippen molar-refractivity contribution in [2.45, 2.75) is 0 Å². The molecule has 23 heavy (non-hydrogen) atoms. The minimum Gasteiger partial charge on any atom is -0.504 e. The van der Waals surface area contributed by atoms with Crippen LogP contribution in [0.3, 0.4) is 0 Å². The minimum atomic E-state index is -1.12. The largest absolute Gasteiger partial charge is 0.504 e. The maximum Gasteiger partial charge on any atom is 0.337 e. The molecule has 0 bridgehead atoms. The zero-order chi connectivity index (χ0) is 16.8. The van der Waals surface area contributed by atoms with Gasteiger partial charge in [0.05, 0.1) is 18.4 Å². The molecule has 0 fully saturated rings. The first-order valence-corrected chi connectivity index (χ1v) is 6.69. The number of phenolic OH excluding ortho intramolecular Hbond substituents is 1. The molecule has 0 radical (unpaired) electrons. The molecule has 0 aromatic heterocycles. The first-order chi connectivity index (χ1) is 11.0. The fourth-order valence-corrected chi connectivity index (χ4v) is 1.92. The van der Waals surface area contributed by atoms with E-state index >= 15 is 0 Å². The predicted octanol–water partition coefficient (Wildman–Crippen LogP) is 2.75. The summed E-state index contributed by atoms with van der Waals surface area (Å²) < 4.78 is 4.98. The lowest BCUT2D eigenvalue weighted by Crippen LogP contribution is -2.11. The van der Waals surface area contributed by atoms with Crippen molar-refractivity contribution in [3.63, 3.8) is 0 Å². The zero-order valence-corrected chi connectivity index (χ0v) is 12.3. The molecule has 6 heteroatoms. The third kappa shape index (κ3) is 4.10. The highest BCUT2D eigenvalue weighted by Crippen LogP contribution is 2.26. The van der Waals surface area contributed by atoms with E-state index in [0.717, 1.165) is 0 Å². The van der Waals surface area contributed by atoms with Gasteiger partial charge in [0.15, 0.2) is 11.5 Å². The number of para-hydroxylation sites is 1. The van der Waals surface area contributed by atoms with Crippen molar-refractivity contribution in [2.75, 3.05) is 12.4 Å². The molecule has 0 heterocycles. The summed E-state index contributed by atoms with van der Waals surface area (Å²) in [6.07, 6.45) is 2.80. The van der Waals surface area contributed by atoms with E-state index in [1.807, 2.05) is 0 Å². The maximum atomic E-state index is 11.9. The lowest BCUT2D eigenvalue weighted by atomic mass is 10.1. The lowest BCUT2D eigenvalue weighted by molar-refractivity contribution is -0.111. The molecule has 6 nitrogen and oxygen atoms in total. The van der Waals surface area contributed by atoms with Gasteiger partial charge in [-0.15, -0.1) is 0 Å². The van der Waals surface area contributed by atoms with Gasteiger partial charge in [-0.2, -0.15) is 0 Å². The average molecular weight is 313 g/mol. The summed E-state index contributed by atoms with van der Waals surface area (Å²) in [7, 11) is 1.43. The van der Waals surface area contributed by atoms with Crippen LogP contribution in [0.2, 0.25) is 0 Å². The second-order valence-electron chi connectivity index (χ2n) is 4.60. The smallest absolute Gasteiger partial charge is 0.337 e. The second-order valence-corrected chi connectivity index (χ2v) is 4.60. The molecule has 0 aliphatic heterocycles. The number of carbonyl (C=O) groups excluding carboxylic acids is 1. The van der Waals surface area contributed by atoms with Gasteiger partial charge >= 0.3 is 5.97 Å². The van der Waals surface area contributed by atoms with Gasteiger partial charge in [-0.25, -0.2) is 4.79 Å². The first-order valence-electron chi connectivity index (χ1n) is 6.69. The van der Waals surface area contributed by atoms with Gasteiger partial charge in [-0.05, 0) is 35.9 Å². The Bertz CT molecular complexity index is 767. The molecular formula is C17H15NO5. The van der Waals surface area contributed by atoms with Gasteiger partial charge in [0, 0.05) is 6.08 Å². The van der Waals surface area contributed by atoms with Crippen LogP contribution in [0.15, 0.2) is 48.5 Å². The molecule has 2 aromatic rings. The van der Waals surface area contributed by atoms with Gasteiger partial charge in [0.2, 0.25) is 5.91 Å². The summed E-state index contributed by atoms with van der Waals surface area (Å²) in [6, 6.07) is 10.8. The Hall–Kier alpha value is -3.28. The Morgan fingerprint density at radius 1 is 1.17 bits per heavy atom. The molecule has 0 aliphatic rings. The first kappa shape index (κ1) is 16.1. The standard InChI is InChI=1S/C17H15NO5/c1-23-15-10-11(6-8-14(15)19)7-9-16(20)18-13-5-3-2-4-12(13)17(21)22/h2-10,19H,1H3,(H,18,20)(H,21,22)/b9-7-. The molecular weight excluding hydrogens is 298 g/mol. The van der Waals surface area contributed by atoms with E-state index in [9.17, 15) is 14.7 Å². The molecule has 0 aliphatic carbocycles. The van der Waals surface area contributed by atoms with Gasteiger partial charge in [0.1, 0.15) is 0 Å². The number of ether oxygens (including phenoxy) is 1. The number of rotatable bonds is 5. The number of carbonyl (C=O) groups is 2. The van der Waals surface area contributed by atoms with Crippen molar-refractivity contribution in [3.05, 3.63) is 59.7 Å². The van der Waals surface area contributed by atoms with Crippen LogP contribution < -0.4 is 10.1 Å². The number of carboxylic acids is 1. The van der Waals surface area contributed by atoms with E-state index in [1.54, 1.807) is 24.3 Å². The van der Waals surface area contributed by atoms with Crippen LogP contribution in [0, 0.1) is 0 Å². The van der Waals surface area contributed by atoms with Crippen LogP contribution in [0.25, 0.3) is 6.08 Å². The zero-order valence-electron chi connectivity index (χ0n) is 12.3. The van der Waals surface area contributed by atoms with Crippen molar-refractivity contribution in [1.29, 1.82) is 0 Å². The van der Waals surface area contributed by atoms with E-state index in [4.69, 9.17) is 9.84 Å². The highest BCUT2D eigenvalue weighted by atomic mass is 16.5. The Morgan fingerprint density at radius 3 is 2.61 bits per heavy atom. The predicted molar refractivity (Wildman–Crippen MR) is 85.7 cm³/mol. The Labute approximate surface area is 132 Å². The van der Waals surface area contributed by atoms with Crippen molar-refractivity contribution >= 4 is 23.6 Å². The lowest BCUT2D eigenvalue weighted by Gasteiger charge is -2.06. The van der Waals surface area contributed by atoms with E-state index in [0.29, 0.717) is 11.3 Å². The minimum absolute atomic E-state index is 0.00415. The number of anilines is 1. The molecule has 1 amide bonds. The molecule has 3 N–H and O–H groups in total. The summed E-state index contributed by atoms with van der Waals surface area (Å²) in [6.45, 7) is 0. The number of aromatic carboxylic acids is 1. The van der Waals surface area contributed by atoms with Gasteiger partial charge in [-0.3, -0.25) is 4.79 Å². The summed E-state index contributed by atoms with van der Waals surface area (Å²) in [5, 5.41) is 21.1. The number of aromatic hydroxyl groups is 1. The number of nitrogens with one attached hydrogen (secondary N) is 1. The monoisotopic (exact) mass is 313 g/mol. The van der Waals surface area contributed by atoms with E-state index in [1.165, 1.54) is 37.5 Å².